The van der Waals surface area contributed by atoms with E-state index in [1.165, 1.54) is 13.1 Å². The minimum Gasteiger partial charge on any atom is -0.422 e. The van der Waals surface area contributed by atoms with E-state index in [1.54, 1.807) is 30.3 Å². The Morgan fingerprint density at radius 3 is 2.52 bits per heavy atom. The maximum absolute atomic E-state index is 12.2. The molecule has 1 N–H and O–H groups in total. The summed E-state index contributed by atoms with van der Waals surface area (Å²) in [6.07, 6.45) is 1.42. The minimum atomic E-state index is -0.457. The Morgan fingerprint density at radius 2 is 1.87 bits per heavy atom. The number of halogens is 1. The zero-order valence-electron chi connectivity index (χ0n) is 12.7. The number of nitrogens with one attached hydrogen (secondary N) is 1. The summed E-state index contributed by atoms with van der Waals surface area (Å²) < 4.78 is 6.22. The zero-order valence-corrected chi connectivity index (χ0v) is 14.3. The largest absolute Gasteiger partial charge is 0.422 e. The molecule has 6 heteroatoms. The van der Waals surface area contributed by atoms with Crippen molar-refractivity contribution in [2.24, 2.45) is 5.10 Å². The van der Waals surface area contributed by atoms with E-state index in [1.807, 2.05) is 19.1 Å². The minimum absolute atomic E-state index is 0.283. The van der Waals surface area contributed by atoms with E-state index in [4.69, 9.17) is 4.74 Å². The average Bonchev–Trinajstić information content (AvgIpc) is 2.50. The van der Waals surface area contributed by atoms with Crippen molar-refractivity contribution in [3.8, 4) is 5.75 Å². The highest BCUT2D eigenvalue weighted by Gasteiger charge is 2.11. The first kappa shape index (κ1) is 16.9. The molecule has 2 aromatic carbocycles. The van der Waals surface area contributed by atoms with Crippen LogP contribution in [0.15, 0.2) is 52.0 Å². The lowest BCUT2D eigenvalue weighted by atomic mass is 10.1. The van der Waals surface area contributed by atoms with Gasteiger partial charge in [0.1, 0.15) is 5.75 Å². The number of benzene rings is 2. The first-order chi connectivity index (χ1) is 11.0. The summed E-state index contributed by atoms with van der Waals surface area (Å²) in [6, 6.07) is 12.3. The van der Waals surface area contributed by atoms with E-state index < -0.39 is 5.97 Å². The lowest BCUT2D eigenvalue weighted by Crippen LogP contribution is -2.13. The molecule has 1 amide bonds. The van der Waals surface area contributed by atoms with Crippen LogP contribution in [0.5, 0.6) is 5.75 Å². The molecule has 23 heavy (non-hydrogen) atoms. The van der Waals surface area contributed by atoms with Gasteiger partial charge in [0.05, 0.1) is 11.8 Å². The normalized spacial score (nSPS) is 10.6. The molecular formula is C17H15BrN2O3. The Labute approximate surface area is 142 Å². The van der Waals surface area contributed by atoms with Crippen molar-refractivity contribution in [1.82, 2.24) is 5.43 Å². The fourth-order valence-electron chi connectivity index (χ4n) is 1.75. The summed E-state index contributed by atoms with van der Waals surface area (Å²) >= 11 is 3.35. The predicted octanol–water partition coefficient (Wildman–Crippen LogP) is 3.45. The molecule has 118 valence electrons. The van der Waals surface area contributed by atoms with Crippen molar-refractivity contribution in [3.05, 3.63) is 63.6 Å². The highest BCUT2D eigenvalue weighted by atomic mass is 79.9. The lowest BCUT2D eigenvalue weighted by Gasteiger charge is -2.08. The van der Waals surface area contributed by atoms with E-state index in [0.29, 0.717) is 16.9 Å². The van der Waals surface area contributed by atoms with Crippen LogP contribution in [-0.2, 0) is 4.79 Å². The second-order valence-electron chi connectivity index (χ2n) is 4.86. The van der Waals surface area contributed by atoms with Gasteiger partial charge in [0.2, 0.25) is 5.91 Å². The standard InChI is InChI=1S/C17H15BrN2O3/c1-11-3-5-13(6-4-11)17(22)23-16-8-7-15(18)9-14(16)10-19-20-12(2)21/h3-10H,1-2H3,(H,20,21)/b19-10+. The highest BCUT2D eigenvalue weighted by molar-refractivity contribution is 9.10. The first-order valence-corrected chi connectivity index (χ1v) is 7.63. The van der Waals surface area contributed by atoms with E-state index >= 15 is 0 Å². The van der Waals surface area contributed by atoms with Crippen LogP contribution < -0.4 is 10.2 Å². The number of aryl methyl sites for hydroxylation is 1. The van der Waals surface area contributed by atoms with Crippen LogP contribution in [0.2, 0.25) is 0 Å². The quantitative estimate of drug-likeness (QED) is 0.385. The number of carbonyl (C=O) groups is 2. The number of nitrogens with zero attached hydrogens (tertiary/aromatic N) is 1. The second-order valence-corrected chi connectivity index (χ2v) is 5.78. The Kier molecular flexibility index (Phi) is 5.65. The fourth-order valence-corrected chi connectivity index (χ4v) is 2.13. The molecule has 2 aromatic rings. The van der Waals surface area contributed by atoms with Crippen LogP contribution in [0.1, 0.15) is 28.4 Å². The molecule has 5 nitrogen and oxygen atoms in total. The molecule has 0 radical (unpaired) electrons. The first-order valence-electron chi connectivity index (χ1n) is 6.84. The van der Waals surface area contributed by atoms with E-state index in [9.17, 15) is 9.59 Å². The summed E-state index contributed by atoms with van der Waals surface area (Å²) in [5.41, 5.74) is 4.39. The SMILES string of the molecule is CC(=O)N/N=C/c1cc(Br)ccc1OC(=O)c1ccc(C)cc1. The molecule has 2 rings (SSSR count). The van der Waals surface area contributed by atoms with Gasteiger partial charge in [-0.1, -0.05) is 33.6 Å². The molecule has 0 aliphatic rings. The third-order valence-corrected chi connectivity index (χ3v) is 3.38. The van der Waals surface area contributed by atoms with E-state index in [2.05, 4.69) is 26.5 Å². The Bertz CT molecular complexity index is 755. The number of hydrogen-bond donors (Lipinski definition) is 1. The van der Waals surface area contributed by atoms with Gasteiger partial charge in [-0.3, -0.25) is 4.79 Å². The number of esters is 1. The molecule has 0 bridgehead atoms. The van der Waals surface area contributed by atoms with E-state index in [-0.39, 0.29) is 5.91 Å². The van der Waals surface area contributed by atoms with Gasteiger partial charge in [0.15, 0.2) is 0 Å². The van der Waals surface area contributed by atoms with E-state index in [0.717, 1.165) is 10.0 Å². The Hall–Kier alpha value is -2.47. The van der Waals surface area contributed by atoms with Gasteiger partial charge in [0, 0.05) is 17.0 Å². The van der Waals surface area contributed by atoms with Crippen molar-refractivity contribution in [2.45, 2.75) is 13.8 Å². The van der Waals surface area contributed by atoms with Crippen molar-refractivity contribution < 1.29 is 14.3 Å². The number of ether oxygens (including phenoxy) is 1. The van der Waals surface area contributed by atoms with Crippen LogP contribution in [-0.4, -0.2) is 18.1 Å². The van der Waals surface area contributed by atoms with Gasteiger partial charge in [-0.05, 0) is 37.3 Å². The van der Waals surface area contributed by atoms with Crippen LogP contribution in [0.25, 0.3) is 0 Å². The van der Waals surface area contributed by atoms with Gasteiger partial charge in [-0.25, -0.2) is 10.2 Å². The zero-order chi connectivity index (χ0) is 16.8. The van der Waals surface area contributed by atoms with Gasteiger partial charge in [0.25, 0.3) is 0 Å². The number of amides is 1. The van der Waals surface area contributed by atoms with Crippen molar-refractivity contribution in [1.29, 1.82) is 0 Å². The molecule has 0 saturated carbocycles. The molecule has 0 fully saturated rings. The van der Waals surface area contributed by atoms with Crippen LogP contribution in [0, 0.1) is 6.92 Å². The third kappa shape index (κ3) is 5.03. The van der Waals surface area contributed by atoms with Gasteiger partial charge in [-0.2, -0.15) is 5.10 Å². The molecule has 0 aliphatic heterocycles. The summed E-state index contributed by atoms with van der Waals surface area (Å²) in [5, 5.41) is 3.80. The summed E-state index contributed by atoms with van der Waals surface area (Å²) in [4.78, 5) is 23.1. The lowest BCUT2D eigenvalue weighted by molar-refractivity contribution is -0.118. The van der Waals surface area contributed by atoms with Gasteiger partial charge < -0.3 is 4.74 Å². The molecule has 0 aromatic heterocycles. The van der Waals surface area contributed by atoms with Crippen LogP contribution in [0.4, 0.5) is 0 Å². The van der Waals surface area contributed by atoms with Crippen LogP contribution in [0.3, 0.4) is 0 Å². The Balaban J connectivity index is 2.21. The molecular weight excluding hydrogens is 360 g/mol. The molecule has 0 heterocycles. The van der Waals surface area contributed by atoms with Gasteiger partial charge in [-0.15, -0.1) is 0 Å². The van der Waals surface area contributed by atoms with Crippen molar-refractivity contribution in [2.75, 3.05) is 0 Å². The topological polar surface area (TPSA) is 67.8 Å². The maximum Gasteiger partial charge on any atom is 0.343 e. The molecule has 0 atom stereocenters. The second kappa shape index (κ2) is 7.69. The number of rotatable bonds is 4. The summed E-state index contributed by atoms with van der Waals surface area (Å²) in [5.74, 6) is -0.385. The van der Waals surface area contributed by atoms with Crippen molar-refractivity contribution >= 4 is 34.0 Å². The summed E-state index contributed by atoms with van der Waals surface area (Å²) in [6.45, 7) is 3.30. The predicted molar refractivity (Wildman–Crippen MR) is 91.7 cm³/mol. The van der Waals surface area contributed by atoms with Gasteiger partial charge >= 0.3 is 5.97 Å². The Morgan fingerprint density at radius 1 is 1.17 bits per heavy atom. The fraction of sp³-hybridized carbons (Fsp3) is 0.118. The highest BCUT2D eigenvalue weighted by Crippen LogP contribution is 2.23. The van der Waals surface area contributed by atoms with Crippen LogP contribution >= 0.6 is 15.9 Å². The molecule has 0 aliphatic carbocycles. The number of carbonyl (C=O) groups excluding carboxylic acids is 2. The molecule has 0 unspecified atom stereocenters. The number of hydrazone groups is 1. The molecule has 0 saturated heterocycles. The monoisotopic (exact) mass is 374 g/mol. The van der Waals surface area contributed by atoms with Crippen molar-refractivity contribution in [3.63, 3.8) is 0 Å². The number of hydrogen-bond acceptors (Lipinski definition) is 4. The third-order valence-electron chi connectivity index (χ3n) is 2.89. The average molecular weight is 375 g/mol. The maximum atomic E-state index is 12.2. The smallest absolute Gasteiger partial charge is 0.343 e. The molecule has 0 spiro atoms. The summed E-state index contributed by atoms with van der Waals surface area (Å²) in [7, 11) is 0.